The standard InChI is InChI=1S/C20H16BrClN2O3/c1-12-8-16(22)7-4-14(12)11-24-20(27)18(9-17(23-24)10-19(25)26)13-2-5-15(21)6-3-13/h2-9H,10-11H2,1H3,(H,25,26). The van der Waals surface area contributed by atoms with Gasteiger partial charge in [-0.25, -0.2) is 4.68 Å². The van der Waals surface area contributed by atoms with Crippen molar-refractivity contribution in [1.82, 2.24) is 9.78 Å². The van der Waals surface area contributed by atoms with Crippen LogP contribution in [0.15, 0.2) is 57.8 Å². The first-order valence-corrected chi connectivity index (χ1v) is 9.34. The highest BCUT2D eigenvalue weighted by Crippen LogP contribution is 2.20. The van der Waals surface area contributed by atoms with Crippen LogP contribution in [0.5, 0.6) is 0 Å². The van der Waals surface area contributed by atoms with Gasteiger partial charge in [0.05, 0.1) is 24.2 Å². The minimum Gasteiger partial charge on any atom is -0.481 e. The van der Waals surface area contributed by atoms with Gasteiger partial charge in [0, 0.05) is 9.50 Å². The molecule has 0 aliphatic heterocycles. The van der Waals surface area contributed by atoms with Crippen LogP contribution in [0.4, 0.5) is 0 Å². The molecule has 0 fully saturated rings. The second-order valence-corrected chi connectivity index (χ2v) is 7.51. The number of rotatable bonds is 5. The Morgan fingerprint density at radius 1 is 1.19 bits per heavy atom. The van der Waals surface area contributed by atoms with Gasteiger partial charge >= 0.3 is 5.97 Å². The summed E-state index contributed by atoms with van der Waals surface area (Å²) in [4.78, 5) is 24.1. The highest BCUT2D eigenvalue weighted by atomic mass is 79.9. The molecule has 0 aliphatic rings. The van der Waals surface area contributed by atoms with Crippen molar-refractivity contribution in [3.8, 4) is 11.1 Å². The van der Waals surface area contributed by atoms with Crippen LogP contribution in [0.3, 0.4) is 0 Å². The van der Waals surface area contributed by atoms with Crippen molar-refractivity contribution in [3.63, 3.8) is 0 Å². The van der Waals surface area contributed by atoms with Crippen molar-refractivity contribution in [2.24, 2.45) is 0 Å². The lowest BCUT2D eigenvalue weighted by Gasteiger charge is -2.12. The molecule has 138 valence electrons. The van der Waals surface area contributed by atoms with Crippen LogP contribution in [0.2, 0.25) is 5.02 Å². The van der Waals surface area contributed by atoms with Crippen molar-refractivity contribution in [2.75, 3.05) is 0 Å². The number of benzene rings is 2. The van der Waals surface area contributed by atoms with Crippen LogP contribution < -0.4 is 5.56 Å². The Labute approximate surface area is 169 Å². The SMILES string of the molecule is Cc1cc(Cl)ccc1Cn1nc(CC(=O)O)cc(-c2ccc(Br)cc2)c1=O. The highest BCUT2D eigenvalue weighted by molar-refractivity contribution is 9.10. The number of carbonyl (C=O) groups is 1. The second kappa shape index (κ2) is 8.06. The maximum absolute atomic E-state index is 13.0. The number of hydrogen-bond donors (Lipinski definition) is 1. The van der Waals surface area contributed by atoms with Gasteiger partial charge in [-0.05, 0) is 53.9 Å². The maximum Gasteiger partial charge on any atom is 0.309 e. The largest absolute Gasteiger partial charge is 0.481 e. The number of aliphatic carboxylic acids is 1. The van der Waals surface area contributed by atoms with Gasteiger partial charge in [-0.1, -0.05) is 45.7 Å². The van der Waals surface area contributed by atoms with E-state index in [1.165, 1.54) is 4.68 Å². The summed E-state index contributed by atoms with van der Waals surface area (Å²) in [6, 6.07) is 14.2. The van der Waals surface area contributed by atoms with Gasteiger partial charge in [0.15, 0.2) is 0 Å². The fourth-order valence-electron chi connectivity index (χ4n) is 2.78. The first kappa shape index (κ1) is 19.3. The average Bonchev–Trinajstić information content (AvgIpc) is 2.60. The van der Waals surface area contributed by atoms with E-state index in [9.17, 15) is 9.59 Å². The van der Waals surface area contributed by atoms with Crippen molar-refractivity contribution < 1.29 is 9.90 Å². The third kappa shape index (κ3) is 4.64. The van der Waals surface area contributed by atoms with Gasteiger partial charge in [-0.15, -0.1) is 0 Å². The number of aryl methyl sites for hydroxylation is 1. The van der Waals surface area contributed by atoms with Crippen molar-refractivity contribution in [3.05, 3.63) is 85.2 Å². The number of carboxylic acid groups (broad SMARTS) is 1. The molecule has 1 aromatic heterocycles. The average molecular weight is 448 g/mol. The molecule has 0 saturated carbocycles. The minimum absolute atomic E-state index is 0.235. The molecular formula is C20H16BrClN2O3. The molecule has 0 amide bonds. The summed E-state index contributed by atoms with van der Waals surface area (Å²) in [7, 11) is 0. The molecule has 1 heterocycles. The monoisotopic (exact) mass is 446 g/mol. The molecule has 1 N–H and O–H groups in total. The molecule has 3 aromatic rings. The lowest BCUT2D eigenvalue weighted by molar-refractivity contribution is -0.136. The molecule has 2 aromatic carbocycles. The lowest BCUT2D eigenvalue weighted by atomic mass is 10.1. The quantitative estimate of drug-likeness (QED) is 0.632. The molecule has 0 spiro atoms. The molecule has 0 bridgehead atoms. The van der Waals surface area contributed by atoms with Crippen LogP contribution in [0.1, 0.15) is 16.8 Å². The zero-order valence-electron chi connectivity index (χ0n) is 14.4. The van der Waals surface area contributed by atoms with E-state index < -0.39 is 5.97 Å². The summed E-state index contributed by atoms with van der Waals surface area (Å²) in [5.41, 5.74) is 3.00. The number of nitrogens with zero attached hydrogens (tertiary/aromatic N) is 2. The Bertz CT molecular complexity index is 1060. The van der Waals surface area contributed by atoms with E-state index in [-0.39, 0.29) is 18.5 Å². The maximum atomic E-state index is 13.0. The normalized spacial score (nSPS) is 10.8. The van der Waals surface area contributed by atoms with Crippen molar-refractivity contribution in [1.29, 1.82) is 0 Å². The molecule has 5 nitrogen and oxygen atoms in total. The Morgan fingerprint density at radius 3 is 2.52 bits per heavy atom. The number of aromatic nitrogens is 2. The fraction of sp³-hybridized carbons (Fsp3) is 0.150. The van der Waals surface area contributed by atoms with Gasteiger partial charge in [-0.3, -0.25) is 9.59 Å². The zero-order valence-corrected chi connectivity index (χ0v) is 16.8. The van der Waals surface area contributed by atoms with E-state index in [1.807, 2.05) is 43.3 Å². The molecule has 7 heteroatoms. The van der Waals surface area contributed by atoms with E-state index in [4.69, 9.17) is 16.7 Å². The fourth-order valence-corrected chi connectivity index (χ4v) is 3.27. The molecule has 27 heavy (non-hydrogen) atoms. The lowest BCUT2D eigenvalue weighted by Crippen LogP contribution is -2.27. The summed E-state index contributed by atoms with van der Waals surface area (Å²) < 4.78 is 2.20. The van der Waals surface area contributed by atoms with Crippen molar-refractivity contribution in [2.45, 2.75) is 19.9 Å². The summed E-state index contributed by atoms with van der Waals surface area (Å²) in [6.45, 7) is 2.14. The van der Waals surface area contributed by atoms with Gasteiger partial charge in [0.2, 0.25) is 0 Å². The van der Waals surface area contributed by atoms with E-state index in [1.54, 1.807) is 12.1 Å². The first-order chi connectivity index (χ1) is 12.8. The van der Waals surface area contributed by atoms with Crippen LogP contribution >= 0.6 is 27.5 Å². The predicted octanol–water partition coefficient (Wildman–Crippen LogP) is 4.31. The third-order valence-electron chi connectivity index (χ3n) is 4.14. The summed E-state index contributed by atoms with van der Waals surface area (Å²) in [5.74, 6) is -1.00. The van der Waals surface area contributed by atoms with Gasteiger partial charge in [-0.2, -0.15) is 5.10 Å². The molecule has 0 atom stereocenters. The van der Waals surface area contributed by atoms with E-state index in [0.717, 1.165) is 15.6 Å². The third-order valence-corrected chi connectivity index (χ3v) is 4.90. The number of carboxylic acids is 1. The molecule has 3 rings (SSSR count). The van der Waals surface area contributed by atoms with Gasteiger partial charge in [0.25, 0.3) is 5.56 Å². The molecule has 0 saturated heterocycles. The first-order valence-electron chi connectivity index (χ1n) is 8.17. The molecular weight excluding hydrogens is 432 g/mol. The minimum atomic E-state index is -1.00. The van der Waals surface area contributed by atoms with Gasteiger partial charge in [0.1, 0.15) is 0 Å². The Hall–Kier alpha value is -2.44. The van der Waals surface area contributed by atoms with Crippen molar-refractivity contribution >= 4 is 33.5 Å². The number of hydrogen-bond acceptors (Lipinski definition) is 3. The van der Waals surface area contributed by atoms with Crippen LogP contribution in [-0.2, 0) is 17.8 Å². The van der Waals surface area contributed by atoms with Crippen LogP contribution in [0, 0.1) is 6.92 Å². The van der Waals surface area contributed by atoms with E-state index >= 15 is 0 Å². The predicted molar refractivity (Wildman–Crippen MR) is 108 cm³/mol. The summed E-state index contributed by atoms with van der Waals surface area (Å²) in [6.07, 6.45) is -0.261. The molecule has 0 radical (unpaired) electrons. The Kier molecular flexibility index (Phi) is 5.77. The van der Waals surface area contributed by atoms with E-state index in [0.29, 0.717) is 21.8 Å². The van der Waals surface area contributed by atoms with E-state index in [2.05, 4.69) is 21.0 Å². The summed E-state index contributed by atoms with van der Waals surface area (Å²) >= 11 is 9.37. The smallest absolute Gasteiger partial charge is 0.309 e. The highest BCUT2D eigenvalue weighted by Gasteiger charge is 2.14. The molecule has 0 unspecified atom stereocenters. The second-order valence-electron chi connectivity index (χ2n) is 6.16. The summed E-state index contributed by atoms with van der Waals surface area (Å²) in [5, 5.41) is 14.0. The topological polar surface area (TPSA) is 72.2 Å². The van der Waals surface area contributed by atoms with Gasteiger partial charge < -0.3 is 5.11 Å². The zero-order chi connectivity index (χ0) is 19.6. The van der Waals surface area contributed by atoms with Crippen LogP contribution in [-0.4, -0.2) is 20.9 Å². The van der Waals surface area contributed by atoms with Crippen LogP contribution in [0.25, 0.3) is 11.1 Å². The Morgan fingerprint density at radius 2 is 1.89 bits per heavy atom. The molecule has 0 aliphatic carbocycles. The Balaban J connectivity index is 2.11. The number of halogens is 2.